The van der Waals surface area contributed by atoms with Crippen LogP contribution in [0.4, 0.5) is 0 Å². The van der Waals surface area contributed by atoms with E-state index in [0.29, 0.717) is 0 Å². The molecule has 0 aromatic heterocycles. The van der Waals surface area contributed by atoms with Crippen molar-refractivity contribution in [1.29, 1.82) is 0 Å². The van der Waals surface area contributed by atoms with Gasteiger partial charge in [0.1, 0.15) is 6.10 Å². The second-order valence-electron chi connectivity index (χ2n) is 1.01. The summed E-state index contributed by atoms with van der Waals surface area (Å²) in [4.78, 5) is 9.45. The Balaban J connectivity index is -0.000000125. The molecule has 0 aromatic carbocycles. The number of carboxylic acids is 1. The Morgan fingerprint density at radius 2 is 1.75 bits per heavy atom. The van der Waals surface area contributed by atoms with Gasteiger partial charge in [-0.15, -0.1) is 0 Å². The summed E-state index contributed by atoms with van der Waals surface area (Å²) in [5, 5.41) is 15.8. The molecule has 2 N–H and O–H groups in total. The van der Waals surface area contributed by atoms with Gasteiger partial charge in [-0.3, -0.25) is 0 Å². The minimum Gasteiger partial charge on any atom is -0.479 e. The summed E-state index contributed by atoms with van der Waals surface area (Å²) in [5.74, 6) is -1.19. The van der Waals surface area contributed by atoms with E-state index < -0.39 is 12.1 Å². The molecule has 0 bridgehead atoms. The summed E-state index contributed by atoms with van der Waals surface area (Å²) in [6.07, 6.45) is -1.23. The van der Waals surface area contributed by atoms with Crippen molar-refractivity contribution in [1.82, 2.24) is 0 Å². The number of hydrogen-bond donors (Lipinski definition) is 2. The smallest absolute Gasteiger partial charge is 0.332 e. The number of carbonyl (C=O) groups is 1. The molecule has 0 aliphatic carbocycles. The molecule has 1 radical (unpaired) electrons. The molecule has 0 heterocycles. The molecule has 0 aromatic rings. The van der Waals surface area contributed by atoms with E-state index in [1.807, 2.05) is 0 Å². The molecule has 0 spiro atoms. The van der Waals surface area contributed by atoms with E-state index in [4.69, 9.17) is 10.2 Å². The van der Waals surface area contributed by atoms with E-state index >= 15 is 0 Å². The fraction of sp³-hybridized carbons (Fsp3) is 0.500. The fourth-order valence-electron chi connectivity index (χ4n) is 0. The van der Waals surface area contributed by atoms with Crippen LogP contribution in [0.25, 0.3) is 0 Å². The number of aliphatic hydroxyl groups excluding tert-OH is 1. The first-order valence-electron chi connectivity index (χ1n) is 1.55. The number of hydrogen-bond acceptors (Lipinski definition) is 2. The van der Waals surface area contributed by atoms with E-state index in [9.17, 15) is 4.79 Å². The summed E-state index contributed by atoms with van der Waals surface area (Å²) in [5.41, 5.74) is 0. The van der Waals surface area contributed by atoms with Crippen LogP contribution in [0.3, 0.4) is 0 Å². The molecule has 1 unspecified atom stereocenters. The monoisotopic (exact) mass is 194 g/mol. The first-order chi connectivity index (χ1) is 2.64. The maximum Gasteiger partial charge on any atom is 0.332 e. The Hall–Kier alpha value is 0.534. The van der Waals surface area contributed by atoms with Crippen LogP contribution >= 0.6 is 0 Å². The van der Waals surface area contributed by atoms with Gasteiger partial charge in [-0.1, -0.05) is 0 Å². The van der Waals surface area contributed by atoms with Gasteiger partial charge < -0.3 is 17.6 Å². The van der Waals surface area contributed by atoms with Crippen LogP contribution in [0, 0.1) is 7.43 Å². The Morgan fingerprint density at radius 1 is 1.62 bits per heavy atom. The largest absolute Gasteiger partial charge is 0.479 e. The van der Waals surface area contributed by atoms with E-state index in [1.54, 1.807) is 0 Å². The predicted octanol–water partition coefficient (Wildman–Crippen LogP) is -0.100. The van der Waals surface area contributed by atoms with Gasteiger partial charge in [-0.05, 0) is 6.92 Å². The van der Waals surface area contributed by atoms with Crippen LogP contribution in [0.15, 0.2) is 0 Å². The van der Waals surface area contributed by atoms with Crippen LogP contribution in [0.1, 0.15) is 6.92 Å². The SMILES string of the molecule is CC(O)C(=O)O.[CH3-].[Y]. The summed E-state index contributed by atoms with van der Waals surface area (Å²) in [6, 6.07) is 0. The number of aliphatic carboxylic acids is 1. The molecule has 0 rings (SSSR count). The summed E-state index contributed by atoms with van der Waals surface area (Å²) < 4.78 is 0. The molecule has 47 valence electrons. The Morgan fingerprint density at radius 3 is 1.75 bits per heavy atom. The molecule has 3 nitrogen and oxygen atoms in total. The van der Waals surface area contributed by atoms with E-state index in [-0.39, 0.29) is 40.1 Å². The number of rotatable bonds is 1. The Kier molecular flexibility index (Phi) is 14.9. The Labute approximate surface area is 74.0 Å². The van der Waals surface area contributed by atoms with Crippen molar-refractivity contribution in [3.8, 4) is 0 Å². The van der Waals surface area contributed by atoms with Gasteiger partial charge in [0, 0.05) is 32.7 Å². The van der Waals surface area contributed by atoms with Crippen LogP contribution < -0.4 is 0 Å². The summed E-state index contributed by atoms with van der Waals surface area (Å²) in [6.45, 7) is 1.20. The van der Waals surface area contributed by atoms with E-state index in [0.717, 1.165) is 0 Å². The fourth-order valence-corrected chi connectivity index (χ4v) is 0. The topological polar surface area (TPSA) is 57.5 Å². The van der Waals surface area contributed by atoms with Crippen molar-refractivity contribution in [2.45, 2.75) is 13.0 Å². The van der Waals surface area contributed by atoms with Gasteiger partial charge in [0.15, 0.2) is 0 Å². The Bertz CT molecular complexity index is 62.3. The molecule has 8 heavy (non-hydrogen) atoms. The van der Waals surface area contributed by atoms with E-state index in [1.165, 1.54) is 6.92 Å². The zero-order valence-corrected chi connectivity index (χ0v) is 7.80. The van der Waals surface area contributed by atoms with Crippen LogP contribution in [-0.2, 0) is 37.5 Å². The van der Waals surface area contributed by atoms with Crippen LogP contribution in [0.2, 0.25) is 0 Å². The van der Waals surface area contributed by atoms with Crippen molar-refractivity contribution in [3.05, 3.63) is 7.43 Å². The minimum absolute atomic E-state index is 0. The van der Waals surface area contributed by atoms with Crippen LogP contribution in [-0.4, -0.2) is 22.3 Å². The minimum atomic E-state index is -1.23. The predicted molar refractivity (Wildman–Crippen MR) is 25.7 cm³/mol. The molecule has 0 aliphatic rings. The zero-order valence-electron chi connectivity index (χ0n) is 4.96. The third-order valence-corrected chi connectivity index (χ3v) is 0.357. The molecule has 0 amide bonds. The number of aliphatic hydroxyl groups is 1. The molecular formula is C4H9O3Y-. The van der Waals surface area contributed by atoms with Gasteiger partial charge in [-0.2, -0.15) is 0 Å². The normalized spacial score (nSPS) is 10.2. The van der Waals surface area contributed by atoms with Crippen molar-refractivity contribution < 1.29 is 47.7 Å². The molecule has 0 saturated carbocycles. The molecule has 1 atom stereocenters. The van der Waals surface area contributed by atoms with Crippen molar-refractivity contribution in [3.63, 3.8) is 0 Å². The molecule has 4 heteroatoms. The quantitative estimate of drug-likeness (QED) is 0.573. The van der Waals surface area contributed by atoms with Crippen molar-refractivity contribution in [2.24, 2.45) is 0 Å². The molecule has 0 aliphatic heterocycles. The molecule has 0 fully saturated rings. The van der Waals surface area contributed by atoms with Crippen molar-refractivity contribution >= 4 is 5.97 Å². The third-order valence-electron chi connectivity index (χ3n) is 0.357. The summed E-state index contributed by atoms with van der Waals surface area (Å²) in [7, 11) is 0. The molecular weight excluding hydrogens is 185 g/mol. The van der Waals surface area contributed by atoms with Gasteiger partial charge in [0.2, 0.25) is 0 Å². The summed E-state index contributed by atoms with van der Waals surface area (Å²) >= 11 is 0. The second-order valence-corrected chi connectivity index (χ2v) is 1.01. The van der Waals surface area contributed by atoms with Gasteiger partial charge in [0.05, 0.1) is 0 Å². The average Bonchev–Trinajstić information content (AvgIpc) is 1.36. The first kappa shape index (κ1) is 15.8. The second kappa shape index (κ2) is 7.53. The average molecular weight is 194 g/mol. The van der Waals surface area contributed by atoms with E-state index in [2.05, 4.69) is 0 Å². The first-order valence-corrected chi connectivity index (χ1v) is 1.55. The van der Waals surface area contributed by atoms with Crippen molar-refractivity contribution in [2.75, 3.05) is 0 Å². The number of carboxylic acid groups (broad SMARTS) is 1. The van der Waals surface area contributed by atoms with Gasteiger partial charge in [-0.25, -0.2) is 4.79 Å². The standard InChI is InChI=1S/C3H6O3.CH3.Y/c1-2(4)3(5)6;;/h2,4H,1H3,(H,5,6);1H3;/q;-1;. The van der Waals surface area contributed by atoms with Crippen LogP contribution in [0.5, 0.6) is 0 Å². The van der Waals surface area contributed by atoms with Gasteiger partial charge >= 0.3 is 5.97 Å². The van der Waals surface area contributed by atoms with Gasteiger partial charge in [0.25, 0.3) is 0 Å². The zero-order chi connectivity index (χ0) is 5.15. The molecule has 0 saturated heterocycles. The third kappa shape index (κ3) is 9.73. The maximum absolute atomic E-state index is 9.45. The maximum atomic E-state index is 9.45.